The maximum absolute atomic E-state index is 13.8. The zero-order valence-corrected chi connectivity index (χ0v) is 17.6. The van der Waals surface area contributed by atoms with E-state index < -0.39 is 26.6 Å². The van der Waals surface area contributed by atoms with E-state index in [0.717, 1.165) is 49.6 Å². The Morgan fingerprint density at radius 1 is 0.935 bits per heavy atom. The Balaban J connectivity index is 1.49. The van der Waals surface area contributed by atoms with Crippen LogP contribution in [0.2, 0.25) is 0 Å². The number of aromatic nitrogens is 2. The lowest BCUT2D eigenvalue weighted by Gasteiger charge is -2.17. The first-order valence-electron chi connectivity index (χ1n) is 9.76. The van der Waals surface area contributed by atoms with Crippen molar-refractivity contribution < 1.29 is 17.2 Å². The zero-order valence-electron chi connectivity index (χ0n) is 16.8. The molecule has 3 aromatic rings. The Hall–Kier alpha value is -3.27. The van der Waals surface area contributed by atoms with Crippen LogP contribution < -0.4 is 14.9 Å². The van der Waals surface area contributed by atoms with E-state index in [2.05, 4.69) is 24.9 Å². The first-order valence-corrected chi connectivity index (χ1v) is 11.2. The molecule has 0 spiro atoms. The van der Waals surface area contributed by atoms with Gasteiger partial charge in [0.15, 0.2) is 0 Å². The van der Waals surface area contributed by atoms with Crippen LogP contribution >= 0.6 is 0 Å². The highest BCUT2D eigenvalue weighted by atomic mass is 32.2. The van der Waals surface area contributed by atoms with Gasteiger partial charge in [0.2, 0.25) is 5.95 Å². The van der Waals surface area contributed by atoms with E-state index in [4.69, 9.17) is 0 Å². The Morgan fingerprint density at radius 2 is 1.61 bits per heavy atom. The molecule has 1 aromatic heterocycles. The third-order valence-corrected chi connectivity index (χ3v) is 6.24. The molecular weight excluding hydrogens is 424 g/mol. The van der Waals surface area contributed by atoms with E-state index in [0.29, 0.717) is 17.7 Å². The smallest absolute Gasteiger partial charge is 0.264 e. The highest BCUT2D eigenvalue weighted by Crippen LogP contribution is 2.24. The van der Waals surface area contributed by atoms with Gasteiger partial charge in [-0.3, -0.25) is 4.72 Å². The number of aryl methyl sites for hydroxylation is 1. The van der Waals surface area contributed by atoms with E-state index in [-0.39, 0.29) is 5.69 Å². The van der Waals surface area contributed by atoms with Gasteiger partial charge >= 0.3 is 0 Å². The molecule has 10 heteroatoms. The van der Waals surface area contributed by atoms with E-state index in [1.165, 1.54) is 12.1 Å². The molecule has 0 saturated carbocycles. The summed E-state index contributed by atoms with van der Waals surface area (Å²) in [6.45, 7) is 3.84. The van der Waals surface area contributed by atoms with Crippen molar-refractivity contribution in [2.75, 3.05) is 28.0 Å². The van der Waals surface area contributed by atoms with Crippen molar-refractivity contribution in [3.8, 4) is 0 Å². The maximum Gasteiger partial charge on any atom is 0.264 e. The molecule has 0 bridgehead atoms. The summed E-state index contributed by atoms with van der Waals surface area (Å²) < 4.78 is 54.2. The van der Waals surface area contributed by atoms with E-state index in [1.807, 2.05) is 13.0 Å². The predicted octanol–water partition coefficient (Wildman–Crippen LogP) is 4.21. The lowest BCUT2D eigenvalue weighted by atomic mass is 10.3. The quantitative estimate of drug-likeness (QED) is 0.591. The van der Waals surface area contributed by atoms with E-state index >= 15 is 0 Å². The van der Waals surface area contributed by atoms with Gasteiger partial charge < -0.3 is 10.2 Å². The molecule has 0 aliphatic carbocycles. The predicted molar refractivity (Wildman–Crippen MR) is 115 cm³/mol. The largest absolute Gasteiger partial charge is 0.356 e. The standard InChI is InChI=1S/C21H21F2N5O2S/c1-14-12-20(28-10-2-3-11-28)26-21(24-14)25-16-5-7-17(8-6-16)27-31(29,30)19-13-15(22)4-9-18(19)23/h4-9,12-13,27H,2-3,10-11H2,1H3,(H,24,25,26). The number of hydrogen-bond donors (Lipinski definition) is 2. The first kappa shape index (κ1) is 21.0. The van der Waals surface area contributed by atoms with Crippen molar-refractivity contribution in [2.45, 2.75) is 24.7 Å². The van der Waals surface area contributed by atoms with Crippen LogP contribution in [0.5, 0.6) is 0 Å². The summed E-state index contributed by atoms with van der Waals surface area (Å²) in [5.41, 5.74) is 1.69. The Labute approximate surface area is 179 Å². The average molecular weight is 445 g/mol. The number of rotatable bonds is 6. The number of halogens is 2. The molecule has 1 fully saturated rings. The summed E-state index contributed by atoms with van der Waals surface area (Å²) in [7, 11) is -4.27. The maximum atomic E-state index is 13.8. The van der Waals surface area contributed by atoms with Crippen LogP contribution in [0.25, 0.3) is 0 Å². The number of anilines is 4. The van der Waals surface area contributed by atoms with Crippen molar-refractivity contribution in [3.05, 3.63) is 65.9 Å². The molecule has 2 aromatic carbocycles. The number of nitrogens with one attached hydrogen (secondary N) is 2. The van der Waals surface area contributed by atoms with Crippen LogP contribution in [0.3, 0.4) is 0 Å². The molecule has 0 radical (unpaired) electrons. The minimum absolute atomic E-state index is 0.206. The Morgan fingerprint density at radius 3 is 2.32 bits per heavy atom. The number of hydrogen-bond acceptors (Lipinski definition) is 6. The fraction of sp³-hybridized carbons (Fsp3) is 0.238. The molecule has 162 valence electrons. The minimum Gasteiger partial charge on any atom is -0.356 e. The van der Waals surface area contributed by atoms with E-state index in [9.17, 15) is 17.2 Å². The molecule has 1 aliphatic rings. The molecule has 1 saturated heterocycles. The Bertz CT molecular complexity index is 1200. The molecule has 4 rings (SSSR count). The molecular formula is C21H21F2N5O2S. The lowest BCUT2D eigenvalue weighted by molar-refractivity contribution is 0.555. The van der Waals surface area contributed by atoms with Crippen molar-refractivity contribution in [3.63, 3.8) is 0 Å². The van der Waals surface area contributed by atoms with Gasteiger partial charge in [0.1, 0.15) is 22.3 Å². The zero-order chi connectivity index (χ0) is 22.0. The van der Waals surface area contributed by atoms with Crippen LogP contribution in [-0.2, 0) is 10.0 Å². The van der Waals surface area contributed by atoms with Crippen molar-refractivity contribution in [2.24, 2.45) is 0 Å². The summed E-state index contributed by atoms with van der Waals surface area (Å²) in [5.74, 6) is -0.559. The third-order valence-electron chi connectivity index (χ3n) is 4.85. The summed E-state index contributed by atoms with van der Waals surface area (Å²) >= 11 is 0. The van der Waals surface area contributed by atoms with Gasteiger partial charge in [-0.05, 0) is 62.2 Å². The van der Waals surface area contributed by atoms with Crippen molar-refractivity contribution in [1.29, 1.82) is 0 Å². The number of benzene rings is 2. The number of sulfonamides is 1. The van der Waals surface area contributed by atoms with Crippen LogP contribution in [0.4, 0.5) is 31.9 Å². The highest BCUT2D eigenvalue weighted by molar-refractivity contribution is 7.92. The normalized spacial score (nSPS) is 14.0. The second-order valence-electron chi connectivity index (χ2n) is 7.27. The van der Waals surface area contributed by atoms with Gasteiger partial charge in [-0.25, -0.2) is 22.2 Å². The van der Waals surface area contributed by atoms with Crippen LogP contribution in [0, 0.1) is 18.6 Å². The molecule has 0 atom stereocenters. The van der Waals surface area contributed by atoms with Crippen molar-refractivity contribution in [1.82, 2.24) is 9.97 Å². The molecule has 0 unspecified atom stereocenters. The van der Waals surface area contributed by atoms with Crippen LogP contribution in [-0.4, -0.2) is 31.5 Å². The topological polar surface area (TPSA) is 87.2 Å². The monoisotopic (exact) mass is 445 g/mol. The number of nitrogens with zero attached hydrogens (tertiary/aromatic N) is 3. The average Bonchev–Trinajstić information content (AvgIpc) is 3.26. The second-order valence-corrected chi connectivity index (χ2v) is 8.92. The molecule has 2 N–H and O–H groups in total. The van der Waals surface area contributed by atoms with Crippen LogP contribution in [0.1, 0.15) is 18.5 Å². The highest BCUT2D eigenvalue weighted by Gasteiger charge is 2.20. The lowest BCUT2D eigenvalue weighted by Crippen LogP contribution is -2.19. The van der Waals surface area contributed by atoms with Crippen LogP contribution in [0.15, 0.2) is 53.4 Å². The Kier molecular flexibility index (Phi) is 5.73. The SMILES string of the molecule is Cc1cc(N2CCCC2)nc(Nc2ccc(NS(=O)(=O)c3cc(F)ccc3F)cc2)n1. The summed E-state index contributed by atoms with van der Waals surface area (Å²) in [6.07, 6.45) is 2.28. The molecule has 2 heterocycles. The van der Waals surface area contributed by atoms with E-state index in [1.54, 1.807) is 12.1 Å². The third kappa shape index (κ3) is 4.91. The van der Waals surface area contributed by atoms with Gasteiger partial charge in [-0.2, -0.15) is 4.98 Å². The summed E-state index contributed by atoms with van der Waals surface area (Å²) in [6, 6.07) is 10.5. The molecule has 7 nitrogen and oxygen atoms in total. The van der Waals surface area contributed by atoms with Crippen molar-refractivity contribution >= 4 is 33.2 Å². The van der Waals surface area contributed by atoms with Gasteiger partial charge in [-0.15, -0.1) is 0 Å². The van der Waals surface area contributed by atoms with Gasteiger partial charge in [0.25, 0.3) is 10.0 Å². The molecule has 31 heavy (non-hydrogen) atoms. The van der Waals surface area contributed by atoms with Gasteiger partial charge in [0.05, 0.1) is 0 Å². The second kappa shape index (κ2) is 8.46. The first-order chi connectivity index (χ1) is 14.8. The fourth-order valence-electron chi connectivity index (χ4n) is 3.36. The summed E-state index contributed by atoms with van der Waals surface area (Å²) in [5, 5.41) is 3.11. The van der Waals surface area contributed by atoms with Gasteiger partial charge in [0, 0.05) is 36.2 Å². The molecule has 1 aliphatic heterocycles. The molecule has 0 amide bonds. The minimum atomic E-state index is -4.27. The fourth-order valence-corrected chi connectivity index (χ4v) is 4.51. The summed E-state index contributed by atoms with van der Waals surface area (Å²) in [4.78, 5) is 10.4. The van der Waals surface area contributed by atoms with Gasteiger partial charge in [-0.1, -0.05) is 0 Å².